The molecule has 0 aliphatic carbocycles. The number of para-hydroxylation sites is 1. The van der Waals surface area contributed by atoms with E-state index < -0.39 is 0 Å². The van der Waals surface area contributed by atoms with E-state index in [1.165, 1.54) is 6.20 Å². The summed E-state index contributed by atoms with van der Waals surface area (Å²) in [5.41, 5.74) is 2.71. The smallest absolute Gasteiger partial charge is 0.256 e. The van der Waals surface area contributed by atoms with E-state index in [1.54, 1.807) is 48.5 Å². The third-order valence-electron chi connectivity index (χ3n) is 4.09. The lowest BCUT2D eigenvalue weighted by molar-refractivity contribution is 0.102. The van der Waals surface area contributed by atoms with E-state index in [4.69, 9.17) is 28.5 Å². The number of benzene rings is 2. The fraction of sp³-hybridized carbons (Fsp3) is 0. The molecule has 7 nitrogen and oxygen atoms in total. The molecule has 0 aliphatic heterocycles. The molecule has 2 aromatic heterocycles. The number of H-pyrrole nitrogens is 1. The topological polar surface area (TPSA) is 106 Å². The minimum Gasteiger partial charge on any atom is -0.324 e. The Labute approximate surface area is 175 Å². The average molecular weight is 423 g/mol. The van der Waals surface area contributed by atoms with E-state index in [9.17, 15) is 4.79 Å². The fourth-order valence-corrected chi connectivity index (χ4v) is 3.16. The van der Waals surface area contributed by atoms with E-state index in [1.807, 2.05) is 6.07 Å². The molecule has 1 amide bonds. The molecule has 29 heavy (non-hydrogen) atoms. The molecule has 4 aromatic rings. The van der Waals surface area contributed by atoms with E-state index in [-0.39, 0.29) is 5.91 Å². The number of carbonyl (C=O) groups is 1. The highest BCUT2D eigenvalue weighted by Crippen LogP contribution is 2.32. The van der Waals surface area contributed by atoms with Crippen molar-refractivity contribution in [2.45, 2.75) is 0 Å². The van der Waals surface area contributed by atoms with Gasteiger partial charge in [0.15, 0.2) is 0 Å². The number of nitrogens with zero attached hydrogens (tertiary/aromatic N) is 3. The van der Waals surface area contributed by atoms with Gasteiger partial charge in [0.2, 0.25) is 5.95 Å². The standard InChI is InChI=1S/C20H12Cl2N6O/c21-13-2-1-3-14(22)18(13)28-20-25-15-6-5-12(8-16(15)26-20)19(29)27-17-7-4-11(9-23)10-24-17/h1-8,10H,(H,24,27,29)(H2,25,26,28). The summed E-state index contributed by atoms with van der Waals surface area (Å²) in [6.07, 6.45) is 1.39. The quantitative estimate of drug-likeness (QED) is 0.422. The van der Waals surface area contributed by atoms with Crippen LogP contribution in [0, 0.1) is 11.3 Å². The fourth-order valence-electron chi connectivity index (χ4n) is 2.66. The number of nitriles is 1. The maximum atomic E-state index is 12.5. The number of carbonyl (C=O) groups excluding carboxylic acids is 1. The van der Waals surface area contributed by atoms with Crippen LogP contribution in [0.3, 0.4) is 0 Å². The maximum Gasteiger partial charge on any atom is 0.256 e. The molecule has 0 fully saturated rings. The van der Waals surface area contributed by atoms with Gasteiger partial charge in [-0.3, -0.25) is 4.79 Å². The first-order valence-electron chi connectivity index (χ1n) is 8.42. The van der Waals surface area contributed by atoms with Gasteiger partial charge in [0, 0.05) is 11.8 Å². The third-order valence-corrected chi connectivity index (χ3v) is 4.72. The SMILES string of the molecule is N#Cc1ccc(NC(=O)c2ccc3[nH]c(Nc4c(Cl)cccc4Cl)nc3c2)nc1. The molecule has 0 bridgehead atoms. The van der Waals surface area contributed by atoms with Gasteiger partial charge in [0.25, 0.3) is 5.91 Å². The molecule has 0 radical (unpaired) electrons. The second-order valence-electron chi connectivity index (χ2n) is 6.04. The zero-order valence-corrected chi connectivity index (χ0v) is 16.2. The van der Waals surface area contributed by atoms with Crippen LogP contribution in [-0.4, -0.2) is 20.9 Å². The number of amides is 1. The summed E-state index contributed by atoms with van der Waals surface area (Å²) in [6.45, 7) is 0. The number of anilines is 3. The number of halogens is 2. The molecule has 0 unspecified atom stereocenters. The van der Waals surface area contributed by atoms with Crippen molar-refractivity contribution in [2.75, 3.05) is 10.6 Å². The van der Waals surface area contributed by atoms with Crippen molar-refractivity contribution in [3.63, 3.8) is 0 Å². The largest absolute Gasteiger partial charge is 0.324 e. The minimum absolute atomic E-state index is 0.337. The van der Waals surface area contributed by atoms with Gasteiger partial charge >= 0.3 is 0 Å². The molecule has 4 rings (SSSR count). The number of fused-ring (bicyclic) bond motifs is 1. The Kier molecular flexibility index (Phi) is 5.04. The second-order valence-corrected chi connectivity index (χ2v) is 6.85. The van der Waals surface area contributed by atoms with Crippen LogP contribution in [0.1, 0.15) is 15.9 Å². The molecule has 2 heterocycles. The monoisotopic (exact) mass is 422 g/mol. The van der Waals surface area contributed by atoms with Crippen LogP contribution in [0.4, 0.5) is 17.5 Å². The molecule has 0 atom stereocenters. The summed E-state index contributed by atoms with van der Waals surface area (Å²) in [7, 11) is 0. The highest BCUT2D eigenvalue weighted by Gasteiger charge is 2.12. The van der Waals surface area contributed by atoms with Crippen LogP contribution in [0.2, 0.25) is 10.0 Å². The second kappa shape index (κ2) is 7.80. The molecular formula is C20H12Cl2N6O. The van der Waals surface area contributed by atoms with Crippen molar-refractivity contribution >= 4 is 57.6 Å². The van der Waals surface area contributed by atoms with Gasteiger partial charge < -0.3 is 15.6 Å². The number of nitrogens with one attached hydrogen (secondary N) is 3. The number of rotatable bonds is 4. The molecule has 0 spiro atoms. The Balaban J connectivity index is 1.56. The lowest BCUT2D eigenvalue weighted by Crippen LogP contribution is -2.12. The molecule has 0 saturated heterocycles. The summed E-state index contributed by atoms with van der Waals surface area (Å²) < 4.78 is 0. The Morgan fingerprint density at radius 2 is 1.90 bits per heavy atom. The predicted octanol–water partition coefficient (Wildman–Crippen LogP) is 5.13. The van der Waals surface area contributed by atoms with Crippen molar-refractivity contribution < 1.29 is 4.79 Å². The molecule has 3 N–H and O–H groups in total. The first-order chi connectivity index (χ1) is 14.0. The van der Waals surface area contributed by atoms with Gasteiger partial charge in [0.05, 0.1) is 32.3 Å². The number of aromatic nitrogens is 3. The van der Waals surface area contributed by atoms with Crippen LogP contribution in [-0.2, 0) is 0 Å². The van der Waals surface area contributed by atoms with Crippen molar-refractivity contribution in [3.05, 3.63) is 75.9 Å². The number of hydrogen-bond donors (Lipinski definition) is 3. The van der Waals surface area contributed by atoms with Gasteiger partial charge in [-0.1, -0.05) is 29.3 Å². The van der Waals surface area contributed by atoms with E-state index in [0.717, 1.165) is 5.52 Å². The van der Waals surface area contributed by atoms with E-state index >= 15 is 0 Å². The summed E-state index contributed by atoms with van der Waals surface area (Å²) in [4.78, 5) is 24.1. The maximum absolute atomic E-state index is 12.5. The van der Waals surface area contributed by atoms with Crippen molar-refractivity contribution in [2.24, 2.45) is 0 Å². The summed E-state index contributed by atoms with van der Waals surface area (Å²) in [5, 5.41) is 15.5. The molecule has 2 aromatic carbocycles. The first-order valence-corrected chi connectivity index (χ1v) is 9.17. The average Bonchev–Trinajstić information content (AvgIpc) is 3.13. The molecule has 0 saturated carbocycles. The lowest BCUT2D eigenvalue weighted by Gasteiger charge is -2.06. The molecule has 142 valence electrons. The lowest BCUT2D eigenvalue weighted by atomic mass is 10.2. The summed E-state index contributed by atoms with van der Waals surface area (Å²) >= 11 is 12.4. The van der Waals surface area contributed by atoms with E-state index in [0.29, 0.717) is 44.1 Å². The van der Waals surface area contributed by atoms with Gasteiger partial charge in [-0.2, -0.15) is 5.26 Å². The number of pyridine rings is 1. The van der Waals surface area contributed by atoms with Crippen LogP contribution >= 0.6 is 23.2 Å². The molecule has 9 heteroatoms. The van der Waals surface area contributed by atoms with Gasteiger partial charge in [-0.15, -0.1) is 0 Å². The van der Waals surface area contributed by atoms with E-state index in [2.05, 4.69) is 25.6 Å². The Morgan fingerprint density at radius 3 is 2.59 bits per heavy atom. The predicted molar refractivity (Wildman–Crippen MR) is 113 cm³/mol. The Morgan fingerprint density at radius 1 is 1.10 bits per heavy atom. The molecular weight excluding hydrogens is 411 g/mol. The van der Waals surface area contributed by atoms with Crippen molar-refractivity contribution in [1.29, 1.82) is 5.26 Å². The zero-order chi connectivity index (χ0) is 20.4. The number of imidazole rings is 1. The first kappa shape index (κ1) is 18.7. The minimum atomic E-state index is -0.337. The van der Waals surface area contributed by atoms with Crippen molar-refractivity contribution in [1.82, 2.24) is 15.0 Å². The third kappa shape index (κ3) is 3.99. The normalized spacial score (nSPS) is 10.5. The Bertz CT molecular complexity index is 1240. The van der Waals surface area contributed by atoms with Crippen LogP contribution < -0.4 is 10.6 Å². The van der Waals surface area contributed by atoms with Gasteiger partial charge in [0.1, 0.15) is 11.9 Å². The summed E-state index contributed by atoms with van der Waals surface area (Å²) in [6, 6.07) is 15.4. The van der Waals surface area contributed by atoms with Crippen LogP contribution in [0.25, 0.3) is 11.0 Å². The van der Waals surface area contributed by atoms with Crippen LogP contribution in [0.5, 0.6) is 0 Å². The summed E-state index contributed by atoms with van der Waals surface area (Å²) in [5.74, 6) is 0.462. The highest BCUT2D eigenvalue weighted by molar-refractivity contribution is 6.39. The van der Waals surface area contributed by atoms with Crippen LogP contribution in [0.15, 0.2) is 54.7 Å². The van der Waals surface area contributed by atoms with Gasteiger partial charge in [-0.05, 0) is 42.5 Å². The van der Waals surface area contributed by atoms with Crippen molar-refractivity contribution in [3.8, 4) is 6.07 Å². The Hall–Kier alpha value is -3.60. The number of hydrogen-bond acceptors (Lipinski definition) is 5. The zero-order valence-electron chi connectivity index (χ0n) is 14.7. The highest BCUT2D eigenvalue weighted by atomic mass is 35.5. The number of aromatic amines is 1. The van der Waals surface area contributed by atoms with Gasteiger partial charge in [-0.25, -0.2) is 9.97 Å². The molecule has 0 aliphatic rings.